The van der Waals surface area contributed by atoms with Crippen LogP contribution in [0.1, 0.15) is 122 Å². The molecule has 7 fully saturated rings. The average molecular weight is 2190 g/mol. The third-order valence-corrected chi connectivity index (χ3v) is 22.8. The zero-order chi connectivity index (χ0) is 107. The molecule has 49 nitrogen and oxygen atoms in total. The fourth-order valence-electron chi connectivity index (χ4n) is 15.4. The Morgan fingerprint density at radius 2 is 0.783 bits per heavy atom. The number of methoxy groups -OCH3 is 5. The molecule has 0 spiro atoms. The Morgan fingerprint density at radius 1 is 0.469 bits per heavy atom. The third kappa shape index (κ3) is 34.0. The number of amides is 1. The number of aliphatic hydroxyl groups is 10. The lowest BCUT2D eigenvalue weighted by Crippen LogP contribution is -3.00. The molecular formula is C84H125F9IN15O34. The summed E-state index contributed by atoms with van der Waals surface area (Å²) in [6, 6.07) is 1.16. The fraction of sp³-hybridized carbons (Fsp3) is 0.655. The number of aromatic amines is 5. The van der Waals surface area contributed by atoms with Gasteiger partial charge in [0.2, 0.25) is 0 Å². The molecule has 0 aliphatic carbocycles. The van der Waals surface area contributed by atoms with Gasteiger partial charge < -0.3 is 148 Å². The Kier molecular flexibility index (Phi) is 48.8. The van der Waals surface area contributed by atoms with Crippen molar-refractivity contribution in [2.45, 2.75) is 235 Å². The highest BCUT2D eigenvalue weighted by Gasteiger charge is 2.53. The van der Waals surface area contributed by atoms with Crippen LogP contribution in [-0.2, 0) is 92.7 Å². The van der Waals surface area contributed by atoms with Crippen molar-refractivity contribution in [1.29, 1.82) is 0 Å². The molecule has 5 aromatic rings. The van der Waals surface area contributed by atoms with Crippen LogP contribution in [0.15, 0.2) is 120 Å². The molecule has 18 N–H and O–H groups in total. The van der Waals surface area contributed by atoms with E-state index in [9.17, 15) is 148 Å². The van der Waals surface area contributed by atoms with Gasteiger partial charge in [-0.25, -0.2) is 33.6 Å². The van der Waals surface area contributed by atoms with Crippen LogP contribution >= 0.6 is 0 Å². The number of carbonyl (C=O) groups excluding carboxylic acids is 3. The molecule has 7 aliphatic rings. The number of quaternary nitrogens is 1. The number of hydrogen-bond acceptors (Lipinski definition) is 37. The first-order valence-electron chi connectivity index (χ1n) is 43.8. The maximum absolute atomic E-state index is 13.0. The van der Waals surface area contributed by atoms with Gasteiger partial charge in [-0.3, -0.25) is 81.4 Å². The number of nitrogens with zero attached hydrogens (tertiary/aromatic N) is 8. The molecule has 0 saturated carbocycles. The lowest BCUT2D eigenvalue weighted by Gasteiger charge is -2.29. The molecule has 59 heteroatoms. The summed E-state index contributed by atoms with van der Waals surface area (Å²) >= 11 is 0. The van der Waals surface area contributed by atoms with Gasteiger partial charge in [0.05, 0.1) is 70.8 Å². The van der Waals surface area contributed by atoms with Crippen molar-refractivity contribution in [2.24, 2.45) is 5.73 Å². The summed E-state index contributed by atoms with van der Waals surface area (Å²) in [6.07, 6.45) is -19.4. The molecule has 5 unspecified atom stereocenters. The minimum atomic E-state index is -5.62. The molecule has 12 heterocycles. The predicted molar refractivity (Wildman–Crippen MR) is 475 cm³/mol. The number of likely N-dealkylation sites (tertiary alicyclic amines) is 2. The standard InChI is InChI=1S/C18H24F3N3O7.2C16H25N3O6.C15H23N3O6.C10H14N2O6.C5H11N.C4F6O3.HI.H2/c1-9(2)4-5-23(16(28)18(19,20)21)6-10-7-24(17(29)22-14(10)27)15-13(30-3)12(26)11(8-25)31-15;1-19(5-3-4-6-19)8-10-7-18(16(23)17-14(10)22)15-13(24-2)12(21)11(9-20)25-15;1-9(2)4-5-17-6-10-7-19(16(23)18-14(10)22)15-13(24-3)12(21)11(8-20)25-15;1-23-12-11(20)10(8-19)24-14(12)18-7-9(13(21)16-15(18)22)6-17-4-2-3-5-17;1-17-8-7(15)5(4-13)18-9(8)12-3-2-6(14)11-10(12)16;1-5(2)3-4-6;5-3(6,7)1(11)13-2(12)4(8,9)10;;/h4,7,11-13,15,25-26H,5-6,8H2,1-3H3,(H,22,27,29);7,11-13,15,20-21H,3-6,8-9H2,1-2H3;4,7,11-13,15,17,20-21H,5-6,8H2,1-3H3,(H,18,22,23);7,10-12,14,19-20H,2-6,8H2,1H3,(H,16,21,22);2-3,5,7-9,13,15H,4H2,1H3,(H,11,14,16);3H,4,6H2,1-2H3;;2*1H/t3*11-,12?,13+,15-;10-,11?,12+,14-;5-,7?,8+,9-;;;;/m11111..../s1/i;;;;;;;;1+1. The normalized spacial score (nSPS) is 25.8. The van der Waals surface area contributed by atoms with Crippen molar-refractivity contribution in [2.75, 3.05) is 121 Å². The number of H-pyrrole nitrogens is 5. The molecule has 143 heavy (non-hydrogen) atoms. The van der Waals surface area contributed by atoms with Gasteiger partial charge in [-0.2, -0.15) is 39.5 Å². The van der Waals surface area contributed by atoms with Crippen LogP contribution in [0.2, 0.25) is 0 Å². The zero-order valence-corrected chi connectivity index (χ0v) is 81.7. The van der Waals surface area contributed by atoms with Crippen LogP contribution < -0.4 is 91.3 Å². The molecule has 0 radical (unpaired) electrons. The van der Waals surface area contributed by atoms with E-state index in [1.165, 1.54) is 85.7 Å². The van der Waals surface area contributed by atoms with Crippen molar-refractivity contribution in [3.05, 3.63) is 198 Å². The van der Waals surface area contributed by atoms with E-state index in [1.54, 1.807) is 13.8 Å². The van der Waals surface area contributed by atoms with Crippen LogP contribution in [0, 0.1) is 0 Å². The van der Waals surface area contributed by atoms with Gasteiger partial charge in [0.1, 0.15) is 98.1 Å². The number of ether oxygens (including phenoxy) is 11. The summed E-state index contributed by atoms with van der Waals surface area (Å²) in [5, 5.41) is 99.7. The number of esters is 2. The minimum Gasteiger partial charge on any atom is -1.00 e. The summed E-state index contributed by atoms with van der Waals surface area (Å²) in [7, 11) is 8.86. The number of aliphatic hydroxyl groups excluding tert-OH is 10. The van der Waals surface area contributed by atoms with Gasteiger partial charge in [0.25, 0.3) is 27.8 Å². The number of alkyl halides is 9. The van der Waals surface area contributed by atoms with E-state index in [1.807, 2.05) is 44.8 Å². The van der Waals surface area contributed by atoms with E-state index in [4.69, 9.17) is 58.2 Å². The second-order valence-electron chi connectivity index (χ2n) is 34.0. The van der Waals surface area contributed by atoms with Gasteiger partial charge in [0.15, 0.2) is 31.1 Å². The van der Waals surface area contributed by atoms with Gasteiger partial charge in [-0.15, -0.1) is 0 Å². The number of aromatic nitrogens is 10. The summed E-state index contributed by atoms with van der Waals surface area (Å²) < 4.78 is 168. The van der Waals surface area contributed by atoms with E-state index in [0.717, 1.165) is 83.3 Å². The SMILES string of the molecule is CC(C)=CCN.CO[C@H]1C(O)[C@@H](CO)O[C@H]1n1cc(CN(CC=C(C)C)C(=O)C(F)(F)F)c(=O)[nH]c1=O.CO[C@H]1C(O)[C@@H](CO)O[C@H]1n1cc(CN2CCCC2)c(=O)[nH]c1=O.CO[C@H]1C(O)[C@@H](CO)O[C@H]1n1cc(CNCC=C(C)C)c(=O)[nH]c1=O.CO[C@H]1C(O)[C@@H](CO)O[C@H]1n1cc(C[N+]2(C)CCCC2)c(=O)[nH]c1=O.CO[C@H]1C(O)[C@@H](CO)O[C@H]1n1ccc(=O)[nH]c1=O.O=C(OC(=O)C(F)(F)F)C(F)(F)F.[2HH].[I-]. The number of nitrogens with two attached hydrogens (primary N) is 1. The van der Waals surface area contributed by atoms with E-state index < -0.39 is 261 Å². The number of nitrogens with one attached hydrogen (secondary N) is 6. The molecule has 5 aromatic heterocycles. The molecule has 0 bridgehead atoms. The maximum atomic E-state index is 13.0. The Labute approximate surface area is 824 Å². The lowest BCUT2D eigenvalue weighted by molar-refractivity contribution is -0.911. The van der Waals surface area contributed by atoms with Crippen LogP contribution in [0.4, 0.5) is 39.5 Å². The first-order chi connectivity index (χ1) is 66.6. The Morgan fingerprint density at radius 3 is 1.10 bits per heavy atom. The van der Waals surface area contributed by atoms with Crippen molar-refractivity contribution in [3.63, 3.8) is 0 Å². The second kappa shape index (κ2) is 56.3. The van der Waals surface area contributed by atoms with Crippen molar-refractivity contribution in [1.82, 2.24) is 62.9 Å². The highest BCUT2D eigenvalue weighted by molar-refractivity contribution is 5.90. The predicted octanol–water partition coefficient (Wildman–Crippen LogP) is -7.40. The van der Waals surface area contributed by atoms with Gasteiger partial charge in [0, 0.05) is 131 Å². The molecule has 810 valence electrons. The van der Waals surface area contributed by atoms with Crippen LogP contribution in [0.25, 0.3) is 0 Å². The Hall–Kier alpha value is -9.63. The number of rotatable bonds is 28. The smallest absolute Gasteiger partial charge is 0.491 e. The molecule has 1 amide bonds. The van der Waals surface area contributed by atoms with E-state index in [-0.39, 0.29) is 37.5 Å². The number of allylic oxidation sites excluding steroid dienone is 3. The monoisotopic (exact) mass is 2190 g/mol. The van der Waals surface area contributed by atoms with Gasteiger partial charge in [-0.1, -0.05) is 34.9 Å². The van der Waals surface area contributed by atoms with Crippen molar-refractivity contribution in [3.8, 4) is 0 Å². The number of halogens is 10. The quantitative estimate of drug-likeness (QED) is 0.00421. The van der Waals surface area contributed by atoms with Gasteiger partial charge in [-0.05, 0) is 67.5 Å². The Balaban J connectivity index is 0.000000360. The molecule has 7 aliphatic heterocycles. The molecule has 0 aromatic carbocycles. The average Bonchev–Trinajstić information content (AvgIpc) is 1.62. The lowest BCUT2D eigenvalue weighted by atomic mass is 10.1. The molecule has 20 atom stereocenters. The second-order valence-corrected chi connectivity index (χ2v) is 34.0. The van der Waals surface area contributed by atoms with Crippen LogP contribution in [-0.4, -0.2) is 362 Å². The minimum absolute atomic E-state index is 0. The number of hydrogen-bond donors (Lipinski definition) is 17. The first-order valence-corrected chi connectivity index (χ1v) is 43.8. The highest BCUT2D eigenvalue weighted by Crippen LogP contribution is 2.36. The summed E-state index contributed by atoms with van der Waals surface area (Å²) in [5.41, 5.74) is 2.83. The molecular weight excluding hydrogens is 2060 g/mol. The van der Waals surface area contributed by atoms with Crippen molar-refractivity contribution < 1.29 is 187 Å². The Bertz CT molecular complexity index is 5670. The summed E-state index contributed by atoms with van der Waals surface area (Å²) in [4.78, 5) is 165. The first kappa shape index (κ1) is 124. The highest BCUT2D eigenvalue weighted by atomic mass is 127. The maximum Gasteiger partial charge on any atom is 0.491 e. The van der Waals surface area contributed by atoms with Crippen LogP contribution in [0.5, 0.6) is 0 Å². The number of carbonyl (C=O) groups is 3. The molecule has 7 saturated heterocycles. The zero-order valence-electron chi connectivity index (χ0n) is 79.6. The van der Waals surface area contributed by atoms with Gasteiger partial charge >= 0.3 is 64.8 Å². The fourth-order valence-corrected chi connectivity index (χ4v) is 15.4. The van der Waals surface area contributed by atoms with E-state index in [0.29, 0.717) is 53.3 Å². The van der Waals surface area contributed by atoms with E-state index >= 15 is 0 Å². The molecule has 12 rings (SSSR count). The third-order valence-electron chi connectivity index (χ3n) is 22.8. The van der Waals surface area contributed by atoms with Crippen LogP contribution in [0.3, 0.4) is 0 Å². The van der Waals surface area contributed by atoms with Crippen molar-refractivity contribution >= 4 is 17.8 Å². The summed E-state index contributed by atoms with van der Waals surface area (Å²) in [5.74, 6) is -8.55. The largest absolute Gasteiger partial charge is 1.00 e. The topological polar surface area (TPSA) is 674 Å². The van der Waals surface area contributed by atoms with E-state index in [2.05, 4.69) is 41.9 Å². The summed E-state index contributed by atoms with van der Waals surface area (Å²) in [6.45, 7) is 14.3.